The molecule has 2 rings (SSSR count). The lowest BCUT2D eigenvalue weighted by atomic mass is 10.2. The van der Waals surface area contributed by atoms with Crippen LogP contribution in [0.4, 0.5) is 4.39 Å². The molecule has 0 bridgehead atoms. The average molecular weight is 457 g/mol. The van der Waals surface area contributed by atoms with E-state index in [1.54, 1.807) is 12.1 Å². The van der Waals surface area contributed by atoms with Crippen LogP contribution < -0.4 is 14.8 Å². The number of benzene rings is 2. The molecule has 0 aliphatic heterocycles. The van der Waals surface area contributed by atoms with E-state index < -0.39 is 0 Å². The number of nitrogens with zero attached hydrogens (tertiary/aromatic N) is 1. The second-order valence-electron chi connectivity index (χ2n) is 6.90. The minimum Gasteiger partial charge on any atom is -0.490 e. The summed E-state index contributed by atoms with van der Waals surface area (Å²) < 4.78 is 24.9. The molecule has 0 fully saturated rings. The lowest BCUT2D eigenvalue weighted by Crippen LogP contribution is -2.27. The first-order valence-corrected chi connectivity index (χ1v) is 11.2. The van der Waals surface area contributed by atoms with Crippen molar-refractivity contribution in [2.45, 2.75) is 40.3 Å². The fraction of sp³-hybridized carbons (Fsp3) is 0.478. The molecule has 0 saturated carbocycles. The van der Waals surface area contributed by atoms with Crippen LogP contribution in [-0.4, -0.2) is 37.7 Å². The van der Waals surface area contributed by atoms with Crippen LogP contribution in [0.15, 0.2) is 30.3 Å². The Morgan fingerprint density at radius 2 is 1.63 bits per heavy atom. The smallest absolute Gasteiger partial charge is 0.163 e. The molecule has 166 valence electrons. The molecule has 7 heteroatoms. The average Bonchev–Trinajstić information content (AvgIpc) is 2.72. The van der Waals surface area contributed by atoms with Crippen LogP contribution in [0, 0.1) is 5.82 Å². The summed E-state index contributed by atoms with van der Waals surface area (Å²) in [7, 11) is 0. The molecule has 0 radical (unpaired) electrons. The van der Waals surface area contributed by atoms with Crippen molar-refractivity contribution in [3.05, 3.63) is 57.3 Å². The predicted octanol–water partition coefficient (Wildman–Crippen LogP) is 5.93. The second kappa shape index (κ2) is 13.0. The summed E-state index contributed by atoms with van der Waals surface area (Å²) in [5.74, 6) is 0.781. The van der Waals surface area contributed by atoms with Gasteiger partial charge in [0.1, 0.15) is 12.4 Å². The van der Waals surface area contributed by atoms with Gasteiger partial charge in [-0.05, 0) is 63.3 Å². The Morgan fingerprint density at radius 1 is 0.933 bits per heavy atom. The van der Waals surface area contributed by atoms with E-state index >= 15 is 0 Å². The number of hydrogen-bond donors (Lipinski definition) is 1. The van der Waals surface area contributed by atoms with E-state index in [1.165, 1.54) is 12.1 Å². The van der Waals surface area contributed by atoms with E-state index in [2.05, 4.69) is 24.1 Å². The Morgan fingerprint density at radius 3 is 2.30 bits per heavy atom. The summed E-state index contributed by atoms with van der Waals surface area (Å²) in [6, 6.07) is 7.90. The standard InChI is InChI=1S/C23H31Cl2FN2O2/c1-4-28(5-2)11-7-10-27-15-18-12-22(29-6-3)23(14-21(18)25)30-16-17-8-9-19(26)13-20(17)24/h8-9,12-14,27H,4-7,10-11,15-16H2,1-3H3. The van der Waals surface area contributed by atoms with Crippen LogP contribution in [-0.2, 0) is 13.2 Å². The minimum atomic E-state index is -0.379. The second-order valence-corrected chi connectivity index (χ2v) is 7.72. The van der Waals surface area contributed by atoms with E-state index in [1.807, 2.05) is 13.0 Å². The Balaban J connectivity index is 1.98. The number of hydrogen-bond acceptors (Lipinski definition) is 4. The largest absolute Gasteiger partial charge is 0.490 e. The molecule has 0 atom stereocenters. The van der Waals surface area contributed by atoms with Crippen molar-refractivity contribution in [2.75, 3.05) is 32.8 Å². The molecule has 0 saturated heterocycles. The van der Waals surface area contributed by atoms with E-state index in [0.717, 1.165) is 38.2 Å². The van der Waals surface area contributed by atoms with E-state index in [4.69, 9.17) is 32.7 Å². The summed E-state index contributed by atoms with van der Waals surface area (Å²) in [6.07, 6.45) is 1.08. The minimum absolute atomic E-state index is 0.193. The van der Waals surface area contributed by atoms with Crippen LogP contribution in [0.25, 0.3) is 0 Å². The summed E-state index contributed by atoms with van der Waals surface area (Å²) in [4.78, 5) is 2.40. The molecule has 0 heterocycles. The summed E-state index contributed by atoms with van der Waals surface area (Å²) >= 11 is 12.6. The van der Waals surface area contributed by atoms with Gasteiger partial charge in [0.25, 0.3) is 0 Å². The first kappa shape index (κ1) is 24.7. The van der Waals surface area contributed by atoms with Crippen molar-refractivity contribution in [3.8, 4) is 11.5 Å². The van der Waals surface area contributed by atoms with Crippen molar-refractivity contribution in [1.82, 2.24) is 10.2 Å². The highest BCUT2D eigenvalue weighted by molar-refractivity contribution is 6.31. The van der Waals surface area contributed by atoms with Crippen molar-refractivity contribution in [3.63, 3.8) is 0 Å². The topological polar surface area (TPSA) is 33.7 Å². The third-order valence-corrected chi connectivity index (χ3v) is 5.55. The fourth-order valence-corrected chi connectivity index (χ4v) is 3.52. The van der Waals surface area contributed by atoms with Gasteiger partial charge in [-0.1, -0.05) is 43.1 Å². The maximum atomic E-state index is 13.2. The molecule has 0 unspecified atom stereocenters. The highest BCUT2D eigenvalue weighted by atomic mass is 35.5. The number of nitrogens with one attached hydrogen (secondary N) is 1. The van der Waals surface area contributed by atoms with Gasteiger partial charge >= 0.3 is 0 Å². The zero-order chi connectivity index (χ0) is 21.9. The van der Waals surface area contributed by atoms with Gasteiger partial charge in [0.15, 0.2) is 11.5 Å². The van der Waals surface area contributed by atoms with Gasteiger partial charge in [-0.2, -0.15) is 0 Å². The Labute approximate surface area is 189 Å². The molecule has 0 amide bonds. The molecule has 1 N–H and O–H groups in total. The zero-order valence-electron chi connectivity index (χ0n) is 17.9. The molecular weight excluding hydrogens is 426 g/mol. The summed E-state index contributed by atoms with van der Waals surface area (Å²) in [5, 5.41) is 4.38. The van der Waals surface area contributed by atoms with Gasteiger partial charge in [0.2, 0.25) is 0 Å². The molecule has 30 heavy (non-hydrogen) atoms. The number of halogens is 3. The van der Waals surface area contributed by atoms with Crippen LogP contribution in [0.5, 0.6) is 11.5 Å². The van der Waals surface area contributed by atoms with Crippen molar-refractivity contribution >= 4 is 23.2 Å². The van der Waals surface area contributed by atoms with Crippen molar-refractivity contribution < 1.29 is 13.9 Å². The van der Waals surface area contributed by atoms with Crippen molar-refractivity contribution in [1.29, 1.82) is 0 Å². The van der Waals surface area contributed by atoms with Gasteiger partial charge in [-0.25, -0.2) is 4.39 Å². The van der Waals surface area contributed by atoms with Crippen LogP contribution >= 0.6 is 23.2 Å². The van der Waals surface area contributed by atoms with Gasteiger partial charge in [0.05, 0.1) is 11.6 Å². The molecule has 0 aromatic heterocycles. The van der Waals surface area contributed by atoms with Gasteiger partial charge in [-0.15, -0.1) is 0 Å². The summed E-state index contributed by atoms with van der Waals surface area (Å²) in [5.41, 5.74) is 1.64. The van der Waals surface area contributed by atoms with E-state index in [9.17, 15) is 4.39 Å². The molecule has 0 spiro atoms. The molecule has 2 aromatic carbocycles. The third-order valence-electron chi connectivity index (χ3n) is 4.85. The Kier molecular flexibility index (Phi) is 10.7. The quantitative estimate of drug-likeness (QED) is 0.378. The highest BCUT2D eigenvalue weighted by Gasteiger charge is 2.12. The fourth-order valence-electron chi connectivity index (χ4n) is 3.08. The van der Waals surface area contributed by atoms with Gasteiger partial charge < -0.3 is 19.7 Å². The zero-order valence-corrected chi connectivity index (χ0v) is 19.5. The van der Waals surface area contributed by atoms with Crippen LogP contribution in [0.1, 0.15) is 38.3 Å². The SMILES string of the molecule is CCOc1cc(CNCCCN(CC)CC)c(Cl)cc1OCc1ccc(F)cc1Cl. The Bertz CT molecular complexity index is 801. The third kappa shape index (κ3) is 7.62. The number of rotatable bonds is 13. The number of ether oxygens (including phenoxy) is 2. The van der Waals surface area contributed by atoms with E-state index in [-0.39, 0.29) is 12.4 Å². The van der Waals surface area contributed by atoms with Crippen LogP contribution in [0.3, 0.4) is 0 Å². The van der Waals surface area contributed by atoms with E-state index in [0.29, 0.717) is 40.3 Å². The van der Waals surface area contributed by atoms with Gasteiger partial charge in [0, 0.05) is 23.2 Å². The predicted molar refractivity (Wildman–Crippen MR) is 122 cm³/mol. The highest BCUT2D eigenvalue weighted by Crippen LogP contribution is 2.34. The first-order valence-electron chi connectivity index (χ1n) is 10.4. The lowest BCUT2D eigenvalue weighted by Gasteiger charge is -2.18. The summed E-state index contributed by atoms with van der Waals surface area (Å²) in [6.45, 7) is 11.8. The monoisotopic (exact) mass is 456 g/mol. The Hall–Kier alpha value is -1.53. The maximum absolute atomic E-state index is 13.2. The normalized spacial score (nSPS) is 11.2. The molecular formula is C23H31Cl2FN2O2. The molecule has 2 aromatic rings. The van der Waals surface area contributed by atoms with Gasteiger partial charge in [-0.3, -0.25) is 0 Å². The van der Waals surface area contributed by atoms with Crippen LogP contribution in [0.2, 0.25) is 10.0 Å². The molecule has 4 nitrogen and oxygen atoms in total. The lowest BCUT2D eigenvalue weighted by molar-refractivity contribution is 0.269. The van der Waals surface area contributed by atoms with Crippen molar-refractivity contribution in [2.24, 2.45) is 0 Å². The molecule has 0 aliphatic carbocycles. The molecule has 0 aliphatic rings. The maximum Gasteiger partial charge on any atom is 0.163 e. The first-order chi connectivity index (χ1) is 14.5.